The first-order valence-corrected chi connectivity index (χ1v) is 6.50. The number of likely N-dealkylation sites (tertiary alicyclic amines) is 1. The summed E-state index contributed by atoms with van der Waals surface area (Å²) in [6.07, 6.45) is 0.778. The monoisotopic (exact) mass is 247 g/mol. The van der Waals surface area contributed by atoms with Crippen molar-refractivity contribution >= 4 is 5.97 Å². The molecule has 2 rings (SSSR count). The first-order valence-electron chi connectivity index (χ1n) is 6.50. The maximum absolute atomic E-state index is 11.0. The van der Waals surface area contributed by atoms with Crippen molar-refractivity contribution in [1.82, 2.24) is 4.90 Å². The Bertz CT molecular complexity index is 414. The maximum Gasteiger partial charge on any atom is 0.307 e. The van der Waals surface area contributed by atoms with Gasteiger partial charge in [0, 0.05) is 18.5 Å². The average Bonchev–Trinajstić information content (AvgIpc) is 2.78. The van der Waals surface area contributed by atoms with E-state index < -0.39 is 5.97 Å². The summed E-state index contributed by atoms with van der Waals surface area (Å²) in [7, 11) is 0. The van der Waals surface area contributed by atoms with Crippen LogP contribution in [0.4, 0.5) is 0 Å². The minimum Gasteiger partial charge on any atom is -0.481 e. The molecule has 1 heterocycles. The van der Waals surface area contributed by atoms with Gasteiger partial charge in [-0.3, -0.25) is 4.79 Å². The van der Waals surface area contributed by atoms with Gasteiger partial charge in [0.15, 0.2) is 0 Å². The van der Waals surface area contributed by atoms with Crippen molar-refractivity contribution in [2.45, 2.75) is 25.7 Å². The van der Waals surface area contributed by atoms with Crippen molar-refractivity contribution < 1.29 is 9.90 Å². The van der Waals surface area contributed by atoms with E-state index in [1.807, 2.05) is 6.07 Å². The van der Waals surface area contributed by atoms with Crippen molar-refractivity contribution in [1.29, 1.82) is 0 Å². The summed E-state index contributed by atoms with van der Waals surface area (Å²) in [6, 6.07) is 10.4. The highest BCUT2D eigenvalue weighted by Crippen LogP contribution is 2.27. The smallest absolute Gasteiger partial charge is 0.307 e. The Morgan fingerprint density at radius 2 is 2.06 bits per heavy atom. The van der Waals surface area contributed by atoms with Crippen LogP contribution in [0.15, 0.2) is 30.3 Å². The predicted octanol–water partition coefficient (Wildman–Crippen LogP) is 2.37. The molecule has 0 aromatic heterocycles. The van der Waals surface area contributed by atoms with E-state index in [1.54, 1.807) is 0 Å². The number of rotatable bonds is 4. The molecule has 1 N–H and O–H groups in total. The van der Waals surface area contributed by atoms with Crippen LogP contribution in [0.2, 0.25) is 0 Å². The van der Waals surface area contributed by atoms with Crippen LogP contribution in [0.5, 0.6) is 0 Å². The standard InChI is InChI=1S/C15H21NO2/c1-15(2,13-6-4-3-5-7-13)11-16-9-8-12(10-16)14(17)18/h3-7,12H,8-11H2,1-2H3,(H,17,18). The predicted molar refractivity (Wildman–Crippen MR) is 71.7 cm³/mol. The van der Waals surface area contributed by atoms with Crippen LogP contribution in [0.3, 0.4) is 0 Å². The molecule has 3 nitrogen and oxygen atoms in total. The topological polar surface area (TPSA) is 40.5 Å². The fraction of sp³-hybridized carbons (Fsp3) is 0.533. The summed E-state index contributed by atoms with van der Waals surface area (Å²) in [5.74, 6) is -0.841. The van der Waals surface area contributed by atoms with Gasteiger partial charge < -0.3 is 10.0 Å². The zero-order chi connectivity index (χ0) is 13.2. The Morgan fingerprint density at radius 3 is 2.61 bits per heavy atom. The van der Waals surface area contributed by atoms with Crippen LogP contribution < -0.4 is 0 Å². The molecule has 1 fully saturated rings. The second-order valence-electron chi connectivity index (χ2n) is 5.81. The molecule has 0 saturated carbocycles. The highest BCUT2D eigenvalue weighted by atomic mass is 16.4. The first-order chi connectivity index (χ1) is 8.49. The number of nitrogens with zero attached hydrogens (tertiary/aromatic N) is 1. The third-order valence-corrected chi connectivity index (χ3v) is 3.80. The molecule has 1 aromatic rings. The van der Waals surface area contributed by atoms with E-state index in [1.165, 1.54) is 5.56 Å². The third kappa shape index (κ3) is 2.91. The largest absolute Gasteiger partial charge is 0.481 e. The second-order valence-corrected chi connectivity index (χ2v) is 5.81. The third-order valence-electron chi connectivity index (χ3n) is 3.80. The van der Waals surface area contributed by atoms with Crippen LogP contribution in [0, 0.1) is 5.92 Å². The summed E-state index contributed by atoms with van der Waals surface area (Å²) in [5.41, 5.74) is 1.37. The SMILES string of the molecule is CC(C)(CN1CCC(C(=O)O)C1)c1ccccc1. The van der Waals surface area contributed by atoms with Crippen LogP contribution in [0.25, 0.3) is 0 Å². The number of carboxylic acid groups (broad SMARTS) is 1. The van der Waals surface area contributed by atoms with E-state index in [-0.39, 0.29) is 11.3 Å². The normalized spacial score (nSPS) is 21.1. The molecule has 1 atom stereocenters. The minimum absolute atomic E-state index is 0.0641. The number of aliphatic carboxylic acids is 1. The van der Waals surface area contributed by atoms with Gasteiger partial charge in [0.2, 0.25) is 0 Å². The van der Waals surface area contributed by atoms with E-state index in [0.717, 1.165) is 19.5 Å². The molecule has 0 bridgehead atoms. The maximum atomic E-state index is 11.0. The van der Waals surface area contributed by atoms with E-state index in [4.69, 9.17) is 5.11 Å². The van der Waals surface area contributed by atoms with Crippen molar-refractivity contribution in [2.24, 2.45) is 5.92 Å². The van der Waals surface area contributed by atoms with Crippen molar-refractivity contribution in [3.63, 3.8) is 0 Å². The molecule has 1 aliphatic heterocycles. The van der Waals surface area contributed by atoms with Crippen LogP contribution in [-0.4, -0.2) is 35.6 Å². The summed E-state index contributed by atoms with van der Waals surface area (Å²) in [6.45, 7) is 6.94. The minimum atomic E-state index is -0.657. The van der Waals surface area contributed by atoms with Gasteiger partial charge >= 0.3 is 5.97 Å². The number of hydrogen-bond donors (Lipinski definition) is 1. The highest BCUT2D eigenvalue weighted by Gasteiger charge is 2.32. The van der Waals surface area contributed by atoms with Crippen molar-refractivity contribution in [3.05, 3.63) is 35.9 Å². The highest BCUT2D eigenvalue weighted by molar-refractivity contribution is 5.70. The number of carbonyl (C=O) groups is 1. The quantitative estimate of drug-likeness (QED) is 0.888. The van der Waals surface area contributed by atoms with E-state index in [0.29, 0.717) is 6.54 Å². The Labute approximate surface area is 108 Å². The lowest BCUT2D eigenvalue weighted by Crippen LogP contribution is -2.36. The van der Waals surface area contributed by atoms with Gasteiger partial charge in [0.1, 0.15) is 0 Å². The fourth-order valence-electron chi connectivity index (χ4n) is 2.72. The first kappa shape index (κ1) is 13.1. The van der Waals surface area contributed by atoms with E-state index >= 15 is 0 Å². The Morgan fingerprint density at radius 1 is 1.39 bits per heavy atom. The Hall–Kier alpha value is -1.35. The zero-order valence-corrected chi connectivity index (χ0v) is 11.1. The number of benzene rings is 1. The van der Waals surface area contributed by atoms with Gasteiger partial charge in [-0.2, -0.15) is 0 Å². The Kier molecular flexibility index (Phi) is 3.71. The van der Waals surface area contributed by atoms with Gasteiger partial charge in [-0.15, -0.1) is 0 Å². The second kappa shape index (κ2) is 5.11. The van der Waals surface area contributed by atoms with Gasteiger partial charge in [-0.25, -0.2) is 0 Å². The van der Waals surface area contributed by atoms with Gasteiger partial charge in [0.25, 0.3) is 0 Å². The molecular formula is C15H21NO2. The van der Waals surface area contributed by atoms with Gasteiger partial charge in [0.05, 0.1) is 5.92 Å². The molecule has 1 saturated heterocycles. The van der Waals surface area contributed by atoms with Crippen LogP contribution in [0.1, 0.15) is 25.8 Å². The van der Waals surface area contributed by atoms with Crippen molar-refractivity contribution in [3.8, 4) is 0 Å². The number of hydrogen-bond acceptors (Lipinski definition) is 2. The van der Waals surface area contributed by atoms with Gasteiger partial charge in [-0.1, -0.05) is 44.2 Å². The molecule has 0 radical (unpaired) electrons. The molecule has 1 unspecified atom stereocenters. The lowest BCUT2D eigenvalue weighted by atomic mass is 9.84. The lowest BCUT2D eigenvalue weighted by molar-refractivity contribution is -0.141. The lowest BCUT2D eigenvalue weighted by Gasteiger charge is -2.30. The zero-order valence-electron chi connectivity index (χ0n) is 11.1. The average molecular weight is 247 g/mol. The molecule has 98 valence electrons. The summed E-state index contributed by atoms with van der Waals surface area (Å²) in [5, 5.41) is 9.02. The molecular weight excluding hydrogens is 226 g/mol. The fourth-order valence-corrected chi connectivity index (χ4v) is 2.72. The summed E-state index contributed by atoms with van der Waals surface area (Å²) in [4.78, 5) is 13.2. The van der Waals surface area contributed by atoms with Crippen LogP contribution >= 0.6 is 0 Å². The molecule has 1 aromatic carbocycles. The molecule has 0 aliphatic carbocycles. The summed E-state index contributed by atoms with van der Waals surface area (Å²) >= 11 is 0. The number of carboxylic acids is 1. The van der Waals surface area contributed by atoms with Crippen LogP contribution in [-0.2, 0) is 10.2 Å². The molecule has 3 heteroatoms. The molecule has 18 heavy (non-hydrogen) atoms. The van der Waals surface area contributed by atoms with Crippen molar-refractivity contribution in [2.75, 3.05) is 19.6 Å². The van der Waals surface area contributed by atoms with E-state index in [2.05, 4.69) is 43.0 Å². The molecule has 0 spiro atoms. The Balaban J connectivity index is 2.00. The summed E-state index contributed by atoms with van der Waals surface area (Å²) < 4.78 is 0. The van der Waals surface area contributed by atoms with E-state index in [9.17, 15) is 4.79 Å². The molecule has 1 aliphatic rings. The molecule has 0 amide bonds. The van der Waals surface area contributed by atoms with Gasteiger partial charge in [-0.05, 0) is 18.5 Å².